The summed E-state index contributed by atoms with van der Waals surface area (Å²) in [6, 6.07) is 0. The van der Waals surface area contributed by atoms with Crippen LogP contribution in [0.5, 0.6) is 0 Å². The third-order valence-corrected chi connectivity index (χ3v) is 0. The summed E-state index contributed by atoms with van der Waals surface area (Å²) < 4.78 is 8.66. The van der Waals surface area contributed by atoms with Crippen LogP contribution in [0.3, 0.4) is 0 Å². The molecule has 0 aliphatic rings. The van der Waals surface area contributed by atoms with Gasteiger partial charge >= 0.3 is 132 Å². The molecule has 12 heteroatoms. The number of nitrogens with zero attached hydrogens (tertiary/aromatic N) is 1. The van der Waals surface area contributed by atoms with Crippen molar-refractivity contribution in [2.24, 2.45) is 0 Å². The fourth-order valence-corrected chi connectivity index (χ4v) is 0. The van der Waals surface area contributed by atoms with E-state index in [-0.39, 0.29) is 132 Å². The Balaban J connectivity index is -0.0000000221. The quantitative estimate of drug-likeness (QED) is 0.196. The van der Waals surface area contributed by atoms with E-state index in [1.165, 1.54) is 0 Å². The standard InChI is InChI=1S/2K.NO3.Na.H3O4P/c;;2-1(3)4;;1-5(2,3)4/h;;;;(H3,1,2,3,4)/q2*+1;-1;+1;/p-2. The van der Waals surface area contributed by atoms with Gasteiger partial charge in [-0.25, -0.2) is 0 Å². The third kappa shape index (κ3) is 168. The van der Waals surface area contributed by atoms with Crippen molar-refractivity contribution in [2.45, 2.75) is 0 Å². The maximum absolute atomic E-state index is 8.66. The molecule has 0 fully saturated rings. The molecule has 0 aromatic rings. The summed E-state index contributed by atoms with van der Waals surface area (Å²) in [5.74, 6) is 0. The summed E-state index contributed by atoms with van der Waals surface area (Å²) in [6.45, 7) is 0. The first-order valence-corrected chi connectivity index (χ1v) is 2.79. The third-order valence-electron chi connectivity index (χ3n) is 0. The van der Waals surface area contributed by atoms with Crippen molar-refractivity contribution in [1.82, 2.24) is 0 Å². The molecule has 0 aliphatic heterocycles. The van der Waals surface area contributed by atoms with E-state index in [4.69, 9.17) is 34.6 Å². The number of hydrogen-bond donors (Lipinski definition) is 1. The molecule has 1 N–H and O–H groups in total. The van der Waals surface area contributed by atoms with Crippen LogP contribution in [0.2, 0.25) is 0 Å². The molecule has 12 heavy (non-hydrogen) atoms. The Morgan fingerprint density at radius 3 is 1.17 bits per heavy atom. The molecule has 0 saturated carbocycles. The van der Waals surface area contributed by atoms with E-state index in [9.17, 15) is 0 Å². The zero-order valence-electron chi connectivity index (χ0n) is 6.79. The molecule has 8 nitrogen and oxygen atoms in total. The predicted octanol–water partition coefficient (Wildman–Crippen LogP) is -11.4. The molecule has 0 heterocycles. The van der Waals surface area contributed by atoms with Crippen LogP contribution in [0, 0.1) is 15.3 Å². The predicted molar refractivity (Wildman–Crippen MR) is 20.2 cm³/mol. The van der Waals surface area contributed by atoms with Crippen LogP contribution >= 0.6 is 7.82 Å². The van der Waals surface area contributed by atoms with Gasteiger partial charge in [-0.2, -0.15) is 0 Å². The fraction of sp³-hybridized carbons (Fsp3) is 0. The molecule has 0 aliphatic carbocycles. The van der Waals surface area contributed by atoms with E-state index in [2.05, 4.69) is 0 Å². The fourth-order valence-electron chi connectivity index (χ4n) is 0. The van der Waals surface area contributed by atoms with Gasteiger partial charge in [0.15, 0.2) is 0 Å². The van der Waals surface area contributed by atoms with Gasteiger partial charge in [-0.15, -0.1) is 0 Å². The summed E-state index contributed by atoms with van der Waals surface area (Å²) >= 11 is 0. The Kier molecular flexibility index (Phi) is 41.9. The van der Waals surface area contributed by atoms with E-state index in [1.807, 2.05) is 0 Å². The number of hydrogen-bond acceptors (Lipinski definition) is 6. The van der Waals surface area contributed by atoms with Crippen LogP contribution in [0.25, 0.3) is 0 Å². The Labute approximate surface area is 175 Å². The first-order valence-electron chi connectivity index (χ1n) is 1.30. The first-order chi connectivity index (χ1) is 3.73. The molecule has 0 aromatic carbocycles. The van der Waals surface area contributed by atoms with Crippen LogP contribution in [-0.2, 0) is 4.57 Å². The SMILES string of the molecule is O=P([O-])([O-])O.O=[N+]([O-])[O-].[K+].[K+].[Na+]. The van der Waals surface area contributed by atoms with Crippen LogP contribution < -0.4 is 142 Å². The van der Waals surface area contributed by atoms with E-state index >= 15 is 0 Å². The summed E-state index contributed by atoms with van der Waals surface area (Å²) in [5, 5.41) is 14.8. The van der Waals surface area contributed by atoms with Crippen LogP contribution in [-0.4, -0.2) is 9.98 Å². The zero-order chi connectivity index (χ0) is 8.08. The molecule has 0 rings (SSSR count). The molecule has 0 radical (unpaired) electrons. The Bertz CT molecular complexity index is 121. The van der Waals surface area contributed by atoms with Gasteiger partial charge in [0, 0.05) is 0 Å². The van der Waals surface area contributed by atoms with Crippen molar-refractivity contribution in [3.63, 3.8) is 0 Å². The second-order valence-electron chi connectivity index (χ2n) is 0.692. The van der Waals surface area contributed by atoms with E-state index in [0.29, 0.717) is 0 Å². The summed E-state index contributed by atoms with van der Waals surface area (Å²) in [4.78, 5) is 32.5. The minimum absolute atomic E-state index is 0. The van der Waals surface area contributed by atoms with Gasteiger partial charge < -0.3 is 34.6 Å². The topological polar surface area (TPSA) is 150 Å². The summed E-state index contributed by atoms with van der Waals surface area (Å²) in [6.07, 6.45) is 0. The van der Waals surface area contributed by atoms with Gasteiger partial charge in [0.2, 0.25) is 0 Å². The summed E-state index contributed by atoms with van der Waals surface area (Å²) in [7, 11) is -5.14. The zero-order valence-corrected chi connectivity index (χ0v) is 15.9. The second-order valence-corrected chi connectivity index (χ2v) is 1.63. The van der Waals surface area contributed by atoms with E-state index in [0.717, 1.165) is 0 Å². The number of rotatable bonds is 0. The van der Waals surface area contributed by atoms with Crippen LogP contribution in [0.4, 0.5) is 0 Å². The Morgan fingerprint density at radius 2 is 1.17 bits per heavy atom. The van der Waals surface area contributed by atoms with Crippen molar-refractivity contribution in [3.8, 4) is 0 Å². The molecule has 0 amide bonds. The van der Waals surface area contributed by atoms with Crippen molar-refractivity contribution in [1.29, 1.82) is 0 Å². The Morgan fingerprint density at radius 1 is 1.17 bits per heavy atom. The van der Waals surface area contributed by atoms with Gasteiger partial charge in [-0.1, -0.05) is 0 Å². The second kappa shape index (κ2) is 17.0. The monoisotopic (exact) mass is 259 g/mol. The van der Waals surface area contributed by atoms with Gasteiger partial charge in [-0.05, 0) is 0 Å². The van der Waals surface area contributed by atoms with Crippen molar-refractivity contribution < 1.29 is 157 Å². The summed E-state index contributed by atoms with van der Waals surface area (Å²) in [5.41, 5.74) is 0. The molecular weight excluding hydrogens is 258 g/mol. The average Bonchev–Trinajstić information content (AvgIpc) is 1.19. The first kappa shape index (κ1) is 29.6. The molecule has 0 bridgehead atoms. The minimum atomic E-state index is -5.14. The van der Waals surface area contributed by atoms with Gasteiger partial charge in [-0.3, -0.25) is 0 Å². The average molecular weight is 259 g/mol. The smallest absolute Gasteiger partial charge is 0.790 e. The van der Waals surface area contributed by atoms with Crippen molar-refractivity contribution >= 4 is 7.82 Å². The molecule has 0 aromatic heterocycles. The van der Waals surface area contributed by atoms with Gasteiger partial charge in [0.05, 0.1) is 12.9 Å². The van der Waals surface area contributed by atoms with E-state index in [1.54, 1.807) is 0 Å². The van der Waals surface area contributed by atoms with Crippen LogP contribution in [0.1, 0.15) is 0 Å². The maximum atomic E-state index is 8.66. The molecular formula is HK2NNaO7P. The molecule has 0 spiro atoms. The van der Waals surface area contributed by atoms with Crippen molar-refractivity contribution in [3.05, 3.63) is 15.3 Å². The largest absolute Gasteiger partial charge is 1.00 e. The molecule has 56 valence electrons. The minimum Gasteiger partial charge on any atom is -0.790 e. The molecule has 0 atom stereocenters. The van der Waals surface area contributed by atoms with Gasteiger partial charge in [0.1, 0.15) is 0 Å². The van der Waals surface area contributed by atoms with Crippen molar-refractivity contribution in [2.75, 3.05) is 0 Å². The normalized spacial score (nSPS) is 6.92. The maximum Gasteiger partial charge on any atom is 1.00 e. The number of phosphoric acid groups is 1. The van der Waals surface area contributed by atoms with Gasteiger partial charge in [0.25, 0.3) is 0 Å². The molecule has 0 unspecified atom stereocenters. The van der Waals surface area contributed by atoms with E-state index < -0.39 is 12.9 Å². The van der Waals surface area contributed by atoms with Crippen LogP contribution in [0.15, 0.2) is 0 Å². The Hall–Kier alpha value is 3.58. The molecule has 0 saturated heterocycles.